The van der Waals surface area contributed by atoms with Crippen LogP contribution < -0.4 is 5.32 Å². The van der Waals surface area contributed by atoms with Gasteiger partial charge in [-0.05, 0) is 34.9 Å². The quantitative estimate of drug-likeness (QED) is 0.477. The molecule has 0 aliphatic carbocycles. The summed E-state index contributed by atoms with van der Waals surface area (Å²) in [6.45, 7) is 6.71. The molecular weight excluding hydrogens is 396 g/mol. The summed E-state index contributed by atoms with van der Waals surface area (Å²) >= 11 is 0. The highest BCUT2D eigenvalue weighted by molar-refractivity contribution is 5.95. The first-order chi connectivity index (χ1) is 15.3. The van der Waals surface area contributed by atoms with Crippen molar-refractivity contribution in [2.24, 2.45) is 5.41 Å². The van der Waals surface area contributed by atoms with E-state index in [-0.39, 0.29) is 11.8 Å². The van der Waals surface area contributed by atoms with Crippen molar-refractivity contribution in [2.45, 2.75) is 33.9 Å². The van der Waals surface area contributed by atoms with Gasteiger partial charge in [0.15, 0.2) is 0 Å². The second kappa shape index (κ2) is 10.6. The fourth-order valence-electron chi connectivity index (χ4n) is 3.09. The number of hydrogen-bond acceptors (Lipinski definition) is 2. The molecule has 4 nitrogen and oxygen atoms in total. The Hall–Kier alpha value is -3.66. The third-order valence-electron chi connectivity index (χ3n) is 5.01. The molecule has 4 heteroatoms. The third-order valence-corrected chi connectivity index (χ3v) is 5.01. The lowest BCUT2D eigenvalue weighted by molar-refractivity contribution is -0.127. The van der Waals surface area contributed by atoms with Crippen molar-refractivity contribution in [1.82, 2.24) is 4.90 Å². The molecule has 0 aliphatic heterocycles. The van der Waals surface area contributed by atoms with Crippen LogP contribution in [0.1, 0.15) is 37.5 Å². The highest BCUT2D eigenvalue weighted by Crippen LogP contribution is 2.18. The van der Waals surface area contributed by atoms with E-state index in [4.69, 9.17) is 0 Å². The van der Waals surface area contributed by atoms with Gasteiger partial charge in [0.1, 0.15) is 0 Å². The number of nitrogens with one attached hydrogen (secondary N) is 1. The zero-order valence-corrected chi connectivity index (χ0v) is 18.9. The molecule has 32 heavy (non-hydrogen) atoms. The summed E-state index contributed by atoms with van der Waals surface area (Å²) in [6, 6.07) is 27.5. The maximum absolute atomic E-state index is 13.0. The molecular formula is C28H30N2O2. The fourth-order valence-corrected chi connectivity index (χ4v) is 3.09. The lowest BCUT2D eigenvalue weighted by Crippen LogP contribution is -2.28. The number of carbonyl (C=O) groups excluding carboxylic acids is 2. The molecule has 0 aliphatic rings. The van der Waals surface area contributed by atoms with E-state index in [9.17, 15) is 9.59 Å². The van der Waals surface area contributed by atoms with Gasteiger partial charge in [0, 0.05) is 30.3 Å². The van der Waals surface area contributed by atoms with Crippen LogP contribution in [0.2, 0.25) is 0 Å². The fraction of sp³-hybridized carbons (Fsp3) is 0.214. The largest absolute Gasteiger partial charge is 0.331 e. The van der Waals surface area contributed by atoms with Crippen molar-refractivity contribution in [3.8, 4) is 0 Å². The molecule has 3 aromatic rings. The normalized spacial score (nSPS) is 11.3. The summed E-state index contributed by atoms with van der Waals surface area (Å²) < 4.78 is 0. The minimum absolute atomic E-state index is 0.0339. The third kappa shape index (κ3) is 6.95. The van der Waals surface area contributed by atoms with Crippen LogP contribution >= 0.6 is 0 Å². The highest BCUT2D eigenvalue weighted by atomic mass is 16.2. The van der Waals surface area contributed by atoms with Crippen LogP contribution in [0.5, 0.6) is 0 Å². The van der Waals surface area contributed by atoms with E-state index in [1.165, 1.54) is 0 Å². The Morgan fingerprint density at radius 1 is 0.781 bits per heavy atom. The first-order valence-electron chi connectivity index (χ1n) is 10.8. The average Bonchev–Trinajstić information content (AvgIpc) is 2.79. The van der Waals surface area contributed by atoms with E-state index in [0.717, 1.165) is 22.4 Å². The van der Waals surface area contributed by atoms with Crippen LogP contribution in [0.25, 0.3) is 6.08 Å². The predicted octanol–water partition coefficient (Wildman–Crippen LogP) is 5.91. The second-order valence-corrected chi connectivity index (χ2v) is 8.82. The first-order valence-corrected chi connectivity index (χ1v) is 10.8. The number of hydrogen-bond donors (Lipinski definition) is 1. The van der Waals surface area contributed by atoms with E-state index in [2.05, 4.69) is 5.32 Å². The topological polar surface area (TPSA) is 49.4 Å². The van der Waals surface area contributed by atoms with Gasteiger partial charge >= 0.3 is 0 Å². The van der Waals surface area contributed by atoms with Crippen LogP contribution in [-0.2, 0) is 22.7 Å². The van der Waals surface area contributed by atoms with Crippen molar-refractivity contribution < 1.29 is 9.59 Å². The van der Waals surface area contributed by atoms with Crippen molar-refractivity contribution in [3.05, 3.63) is 108 Å². The van der Waals surface area contributed by atoms with Crippen LogP contribution in [0.3, 0.4) is 0 Å². The van der Waals surface area contributed by atoms with Gasteiger partial charge in [0.2, 0.25) is 11.8 Å². The molecule has 3 aromatic carbocycles. The molecule has 0 heterocycles. The molecule has 3 rings (SSSR count). The summed E-state index contributed by atoms with van der Waals surface area (Å²) in [7, 11) is 0. The Bertz CT molecular complexity index is 1010. The molecule has 0 radical (unpaired) electrons. The highest BCUT2D eigenvalue weighted by Gasteiger charge is 2.21. The van der Waals surface area contributed by atoms with Crippen molar-refractivity contribution >= 4 is 23.6 Å². The molecule has 0 atom stereocenters. The molecule has 0 aromatic heterocycles. The summed E-state index contributed by atoms with van der Waals surface area (Å²) in [5, 5.41) is 2.91. The maximum atomic E-state index is 13.0. The zero-order chi connectivity index (χ0) is 23.0. The number of carbonyl (C=O) groups is 2. The Labute approximate surface area is 190 Å². The molecule has 1 N–H and O–H groups in total. The van der Waals surface area contributed by atoms with E-state index in [0.29, 0.717) is 13.1 Å². The van der Waals surface area contributed by atoms with E-state index in [1.54, 1.807) is 12.2 Å². The van der Waals surface area contributed by atoms with Gasteiger partial charge in [-0.25, -0.2) is 0 Å². The average molecular weight is 427 g/mol. The monoisotopic (exact) mass is 426 g/mol. The zero-order valence-electron chi connectivity index (χ0n) is 18.9. The van der Waals surface area contributed by atoms with Gasteiger partial charge in [-0.2, -0.15) is 0 Å². The van der Waals surface area contributed by atoms with Gasteiger partial charge in [-0.1, -0.05) is 93.6 Å². The van der Waals surface area contributed by atoms with E-state index >= 15 is 0 Å². The molecule has 0 spiro atoms. The van der Waals surface area contributed by atoms with Crippen LogP contribution in [0, 0.1) is 5.41 Å². The van der Waals surface area contributed by atoms with Gasteiger partial charge in [-0.15, -0.1) is 0 Å². The predicted molar refractivity (Wildman–Crippen MR) is 131 cm³/mol. The van der Waals surface area contributed by atoms with Gasteiger partial charge in [-0.3, -0.25) is 9.59 Å². The van der Waals surface area contributed by atoms with Gasteiger partial charge in [0.25, 0.3) is 0 Å². The van der Waals surface area contributed by atoms with Crippen molar-refractivity contribution in [1.29, 1.82) is 0 Å². The standard InChI is InChI=1S/C28H30N2O2/c1-28(2,3)27(32)29-25-17-14-22(15-18-25)16-19-26(31)30(20-23-10-6-4-7-11-23)21-24-12-8-5-9-13-24/h4-19H,20-21H2,1-3H3,(H,29,32)/b19-16-. The van der Waals surface area contributed by atoms with Crippen molar-refractivity contribution in [2.75, 3.05) is 5.32 Å². The summed E-state index contributed by atoms with van der Waals surface area (Å²) in [5.41, 5.74) is 3.36. The molecule has 0 saturated heterocycles. The summed E-state index contributed by atoms with van der Waals surface area (Å²) in [5.74, 6) is -0.0868. The number of anilines is 1. The summed E-state index contributed by atoms with van der Waals surface area (Å²) in [4.78, 5) is 27.0. The minimum Gasteiger partial charge on any atom is -0.331 e. The molecule has 0 fully saturated rings. The Morgan fingerprint density at radius 3 is 1.75 bits per heavy atom. The molecule has 0 unspecified atom stereocenters. The van der Waals surface area contributed by atoms with Crippen LogP contribution in [-0.4, -0.2) is 16.7 Å². The van der Waals surface area contributed by atoms with E-state index in [1.807, 2.05) is 111 Å². The SMILES string of the molecule is CC(C)(C)C(=O)Nc1ccc(/C=C\C(=O)N(Cc2ccccc2)Cc2ccccc2)cc1. The van der Waals surface area contributed by atoms with Crippen LogP contribution in [0.4, 0.5) is 5.69 Å². The Morgan fingerprint density at radius 2 is 1.28 bits per heavy atom. The first kappa shape index (κ1) is 23.0. The summed E-state index contributed by atoms with van der Waals surface area (Å²) in [6.07, 6.45) is 3.41. The number of rotatable bonds is 7. The van der Waals surface area contributed by atoms with Crippen molar-refractivity contribution in [3.63, 3.8) is 0 Å². The number of nitrogens with zero attached hydrogens (tertiary/aromatic N) is 1. The lowest BCUT2D eigenvalue weighted by Gasteiger charge is -2.21. The van der Waals surface area contributed by atoms with Gasteiger partial charge < -0.3 is 10.2 Å². The Balaban J connectivity index is 1.70. The van der Waals surface area contributed by atoms with E-state index < -0.39 is 5.41 Å². The second-order valence-electron chi connectivity index (χ2n) is 8.82. The maximum Gasteiger partial charge on any atom is 0.247 e. The molecule has 0 saturated carbocycles. The molecule has 2 amide bonds. The number of amides is 2. The lowest BCUT2D eigenvalue weighted by atomic mass is 9.95. The van der Waals surface area contributed by atoms with Crippen LogP contribution in [0.15, 0.2) is 91.0 Å². The Kier molecular flexibility index (Phi) is 7.61. The number of benzene rings is 3. The smallest absolute Gasteiger partial charge is 0.247 e. The minimum atomic E-state index is -0.452. The molecule has 0 bridgehead atoms. The van der Waals surface area contributed by atoms with Gasteiger partial charge in [0.05, 0.1) is 0 Å². The molecule has 164 valence electrons.